The number of hydrogen-bond donors (Lipinski definition) is 1. The molecule has 0 aromatic carbocycles. The molecule has 0 aliphatic carbocycles. The molecule has 1 nitrogen and oxygen atoms in total. The highest BCUT2D eigenvalue weighted by Crippen LogP contribution is 2.18. The second kappa shape index (κ2) is 7.05. The van der Waals surface area contributed by atoms with E-state index in [1.165, 1.54) is 12.8 Å². The summed E-state index contributed by atoms with van der Waals surface area (Å²) in [6, 6.07) is 0.595. The van der Waals surface area contributed by atoms with E-state index in [4.69, 9.17) is 0 Å². The van der Waals surface area contributed by atoms with Crippen molar-refractivity contribution in [2.75, 3.05) is 6.54 Å². The smallest absolute Gasteiger partial charge is 0.00872 e. The van der Waals surface area contributed by atoms with Gasteiger partial charge in [-0.15, -0.1) is 0 Å². The summed E-state index contributed by atoms with van der Waals surface area (Å²) in [5.74, 6) is 0. The van der Waals surface area contributed by atoms with Gasteiger partial charge in [0.2, 0.25) is 0 Å². The van der Waals surface area contributed by atoms with E-state index in [1.54, 1.807) is 0 Å². The van der Waals surface area contributed by atoms with Crippen molar-refractivity contribution in [2.45, 2.75) is 59.9 Å². The van der Waals surface area contributed by atoms with Gasteiger partial charge in [-0.3, -0.25) is 0 Å². The summed E-state index contributed by atoms with van der Waals surface area (Å²) in [6.45, 7) is 12.4. The van der Waals surface area contributed by atoms with E-state index in [0.29, 0.717) is 11.5 Å². The first-order valence-electron chi connectivity index (χ1n) is 5.87. The minimum atomic E-state index is 0.374. The highest BCUT2D eigenvalue weighted by Gasteiger charge is 2.18. The Labute approximate surface area is 90.0 Å². The maximum Gasteiger partial charge on any atom is 0.00872 e. The fourth-order valence-electron chi connectivity index (χ4n) is 1.13. The zero-order chi connectivity index (χ0) is 11.0. The quantitative estimate of drug-likeness (QED) is 0.505. The fourth-order valence-corrected chi connectivity index (χ4v) is 1.13. The summed E-state index contributed by atoms with van der Waals surface area (Å²) in [5.41, 5.74) is 0.374. The van der Waals surface area contributed by atoms with Crippen molar-refractivity contribution >= 4 is 0 Å². The topological polar surface area (TPSA) is 12.0 Å². The number of rotatable bonds is 6. The normalized spacial score (nSPS) is 14.9. The molecule has 0 saturated heterocycles. The molecule has 84 valence electrons. The summed E-state index contributed by atoms with van der Waals surface area (Å²) in [4.78, 5) is 0. The molecule has 0 saturated carbocycles. The van der Waals surface area contributed by atoms with Crippen LogP contribution in [0.5, 0.6) is 0 Å². The van der Waals surface area contributed by atoms with Gasteiger partial charge in [0.15, 0.2) is 0 Å². The van der Waals surface area contributed by atoms with Gasteiger partial charge in [0, 0.05) is 6.04 Å². The Bertz CT molecular complexity index is 153. The summed E-state index contributed by atoms with van der Waals surface area (Å²) >= 11 is 0. The van der Waals surface area contributed by atoms with Crippen molar-refractivity contribution in [1.82, 2.24) is 5.32 Å². The van der Waals surface area contributed by atoms with Crippen molar-refractivity contribution in [1.29, 1.82) is 0 Å². The second-order valence-electron chi connectivity index (χ2n) is 5.06. The summed E-state index contributed by atoms with van der Waals surface area (Å²) in [5, 5.41) is 3.57. The Morgan fingerprint density at radius 1 is 1.21 bits per heavy atom. The molecule has 1 N–H and O–H groups in total. The van der Waals surface area contributed by atoms with Gasteiger partial charge in [-0.05, 0) is 38.1 Å². The highest BCUT2D eigenvalue weighted by atomic mass is 14.9. The van der Waals surface area contributed by atoms with Crippen LogP contribution in [0.25, 0.3) is 0 Å². The van der Waals surface area contributed by atoms with Gasteiger partial charge in [-0.2, -0.15) is 0 Å². The first-order chi connectivity index (χ1) is 6.48. The lowest BCUT2D eigenvalue weighted by molar-refractivity contribution is 0.286. The second-order valence-corrected chi connectivity index (χ2v) is 5.06. The summed E-state index contributed by atoms with van der Waals surface area (Å²) < 4.78 is 0. The first-order valence-corrected chi connectivity index (χ1v) is 5.87. The van der Waals surface area contributed by atoms with Crippen molar-refractivity contribution in [2.24, 2.45) is 5.41 Å². The van der Waals surface area contributed by atoms with Crippen LogP contribution >= 0.6 is 0 Å². The van der Waals surface area contributed by atoms with E-state index in [2.05, 4.69) is 52.1 Å². The maximum atomic E-state index is 3.57. The molecule has 0 bridgehead atoms. The molecule has 0 amide bonds. The summed E-state index contributed by atoms with van der Waals surface area (Å²) in [6.07, 6.45) is 8.14. The SMILES string of the molecule is CC/C=C/CCCN[C@H](C)C(C)(C)C. The third-order valence-corrected chi connectivity index (χ3v) is 2.70. The molecule has 0 radical (unpaired) electrons. The van der Waals surface area contributed by atoms with E-state index in [0.717, 1.165) is 13.0 Å². The van der Waals surface area contributed by atoms with Gasteiger partial charge in [0.25, 0.3) is 0 Å². The molecule has 0 rings (SSSR count). The van der Waals surface area contributed by atoms with Crippen LogP contribution in [0, 0.1) is 5.41 Å². The van der Waals surface area contributed by atoms with Crippen LogP contribution in [0.15, 0.2) is 12.2 Å². The van der Waals surface area contributed by atoms with E-state index < -0.39 is 0 Å². The van der Waals surface area contributed by atoms with Gasteiger partial charge in [-0.1, -0.05) is 39.8 Å². The minimum absolute atomic E-state index is 0.374. The molecular formula is C13H27N. The maximum absolute atomic E-state index is 3.57. The molecule has 0 aliphatic heterocycles. The van der Waals surface area contributed by atoms with Crippen LogP contribution in [0.4, 0.5) is 0 Å². The fraction of sp³-hybridized carbons (Fsp3) is 0.846. The number of hydrogen-bond acceptors (Lipinski definition) is 1. The van der Waals surface area contributed by atoms with Crippen LogP contribution in [-0.4, -0.2) is 12.6 Å². The largest absolute Gasteiger partial charge is 0.314 e. The summed E-state index contributed by atoms with van der Waals surface area (Å²) in [7, 11) is 0. The minimum Gasteiger partial charge on any atom is -0.314 e. The standard InChI is InChI=1S/C13H27N/c1-6-7-8-9-10-11-14-12(2)13(3,4)5/h7-8,12,14H,6,9-11H2,1-5H3/b8-7+/t12-/m1/s1. The van der Waals surface area contributed by atoms with Gasteiger partial charge in [0.1, 0.15) is 0 Å². The zero-order valence-corrected chi connectivity index (χ0v) is 10.6. The molecule has 0 unspecified atom stereocenters. The van der Waals surface area contributed by atoms with Crippen LogP contribution in [0.3, 0.4) is 0 Å². The monoisotopic (exact) mass is 197 g/mol. The van der Waals surface area contributed by atoms with Crippen LogP contribution < -0.4 is 5.32 Å². The highest BCUT2D eigenvalue weighted by molar-refractivity contribution is 4.81. The lowest BCUT2D eigenvalue weighted by Crippen LogP contribution is -2.38. The molecule has 0 spiro atoms. The predicted octanol–water partition coefficient (Wildman–Crippen LogP) is 3.76. The van der Waals surface area contributed by atoms with Crippen molar-refractivity contribution < 1.29 is 0 Å². The number of allylic oxidation sites excluding steroid dienone is 2. The van der Waals surface area contributed by atoms with E-state index >= 15 is 0 Å². The average molecular weight is 197 g/mol. The van der Waals surface area contributed by atoms with Crippen LogP contribution in [0.1, 0.15) is 53.9 Å². The predicted molar refractivity (Wildman–Crippen MR) is 65.6 cm³/mol. The molecule has 0 fully saturated rings. The molecular weight excluding hydrogens is 170 g/mol. The third kappa shape index (κ3) is 7.14. The molecule has 14 heavy (non-hydrogen) atoms. The Hall–Kier alpha value is -0.300. The van der Waals surface area contributed by atoms with Gasteiger partial charge >= 0.3 is 0 Å². The lowest BCUT2D eigenvalue weighted by Gasteiger charge is -2.28. The third-order valence-electron chi connectivity index (χ3n) is 2.70. The zero-order valence-electron chi connectivity index (χ0n) is 10.6. The van der Waals surface area contributed by atoms with Gasteiger partial charge in [0.05, 0.1) is 0 Å². The molecule has 0 aromatic heterocycles. The Kier molecular flexibility index (Phi) is 6.90. The lowest BCUT2D eigenvalue weighted by atomic mass is 9.88. The van der Waals surface area contributed by atoms with Crippen molar-refractivity contribution in [3.63, 3.8) is 0 Å². The Morgan fingerprint density at radius 2 is 1.86 bits per heavy atom. The average Bonchev–Trinajstić information content (AvgIpc) is 2.09. The molecule has 0 aliphatic rings. The van der Waals surface area contributed by atoms with Gasteiger partial charge < -0.3 is 5.32 Å². The molecule has 1 heteroatoms. The Balaban J connectivity index is 3.41. The number of nitrogens with one attached hydrogen (secondary N) is 1. The van der Waals surface area contributed by atoms with E-state index in [9.17, 15) is 0 Å². The van der Waals surface area contributed by atoms with Crippen molar-refractivity contribution in [3.8, 4) is 0 Å². The van der Waals surface area contributed by atoms with E-state index in [1.807, 2.05) is 0 Å². The van der Waals surface area contributed by atoms with Gasteiger partial charge in [-0.25, -0.2) is 0 Å². The first kappa shape index (κ1) is 13.7. The number of unbranched alkanes of at least 4 members (excludes halogenated alkanes) is 1. The molecule has 1 atom stereocenters. The van der Waals surface area contributed by atoms with Crippen LogP contribution in [0.2, 0.25) is 0 Å². The van der Waals surface area contributed by atoms with Crippen molar-refractivity contribution in [3.05, 3.63) is 12.2 Å². The molecule has 0 aromatic rings. The van der Waals surface area contributed by atoms with Crippen LogP contribution in [-0.2, 0) is 0 Å². The van der Waals surface area contributed by atoms with E-state index in [-0.39, 0.29) is 0 Å². The Morgan fingerprint density at radius 3 is 2.36 bits per heavy atom. The molecule has 0 heterocycles.